The second-order valence-corrected chi connectivity index (χ2v) is 6.77. The normalized spacial score (nSPS) is 10.5. The minimum Gasteiger partial charge on any atom is -0.481 e. The van der Waals surface area contributed by atoms with Gasteiger partial charge >= 0.3 is 0 Å². The highest BCUT2D eigenvalue weighted by atomic mass is 32.2. The third kappa shape index (κ3) is 8.86. The third-order valence-electron chi connectivity index (χ3n) is 2.74. The van der Waals surface area contributed by atoms with Gasteiger partial charge in [0.2, 0.25) is 15.9 Å². The van der Waals surface area contributed by atoms with E-state index in [9.17, 15) is 13.2 Å². The van der Waals surface area contributed by atoms with Crippen LogP contribution in [0.1, 0.15) is 26.7 Å². The zero-order valence-corrected chi connectivity index (χ0v) is 14.2. The van der Waals surface area contributed by atoms with E-state index in [0.717, 1.165) is 6.42 Å². The molecule has 0 saturated heterocycles. The Labute approximate surface area is 137 Å². The summed E-state index contributed by atoms with van der Waals surface area (Å²) >= 11 is 0. The first-order chi connectivity index (χ1) is 10.9. The Hall–Kier alpha value is -2.04. The number of hydrogen-bond acceptors (Lipinski definition) is 4. The van der Waals surface area contributed by atoms with Crippen molar-refractivity contribution in [2.75, 3.05) is 24.2 Å². The van der Waals surface area contributed by atoms with Crippen LogP contribution >= 0.6 is 0 Å². The van der Waals surface area contributed by atoms with Crippen molar-refractivity contribution in [1.29, 1.82) is 0 Å². The van der Waals surface area contributed by atoms with Gasteiger partial charge in [-0.05, 0) is 18.6 Å². The van der Waals surface area contributed by atoms with E-state index in [1.165, 1.54) is 6.92 Å². The van der Waals surface area contributed by atoms with Gasteiger partial charge in [-0.1, -0.05) is 31.3 Å². The molecule has 0 spiro atoms. The number of sulfonamides is 1. The lowest BCUT2D eigenvalue weighted by Crippen LogP contribution is -2.26. The van der Waals surface area contributed by atoms with Crippen LogP contribution in [0.25, 0.3) is 0 Å². The molecule has 0 bridgehead atoms. The van der Waals surface area contributed by atoms with Crippen molar-refractivity contribution < 1.29 is 17.9 Å². The number of unbranched alkanes of at least 4 members (excludes halogenated alkanes) is 1. The number of carbonyl (C=O) groups is 1. The van der Waals surface area contributed by atoms with Gasteiger partial charge in [-0.2, -0.15) is 0 Å². The predicted octanol–water partition coefficient (Wildman–Crippen LogP) is 1.75. The molecule has 0 atom stereocenters. The molecule has 23 heavy (non-hydrogen) atoms. The molecule has 1 rings (SSSR count). The number of amides is 1. The number of ether oxygens (including phenoxy) is 1. The quantitative estimate of drug-likeness (QED) is 0.707. The van der Waals surface area contributed by atoms with Crippen LogP contribution in [0.5, 0.6) is 5.75 Å². The van der Waals surface area contributed by atoms with Gasteiger partial charge in [0.15, 0.2) is 0 Å². The van der Waals surface area contributed by atoms with Gasteiger partial charge in [-0.15, -0.1) is 0 Å². The number of anilines is 1. The number of hydrogen-bond donors (Lipinski definition) is 2. The second-order valence-electron chi connectivity index (χ2n) is 4.84. The van der Waals surface area contributed by atoms with E-state index in [1.54, 1.807) is 24.3 Å². The Morgan fingerprint density at radius 3 is 2.78 bits per heavy atom. The molecule has 0 aromatic heterocycles. The van der Waals surface area contributed by atoms with Crippen LogP contribution in [0.15, 0.2) is 24.3 Å². The zero-order chi connectivity index (χ0) is 17.1. The minimum absolute atomic E-state index is 0.0708. The first-order valence-corrected chi connectivity index (χ1v) is 9.01. The molecule has 0 aliphatic rings. The summed E-state index contributed by atoms with van der Waals surface area (Å²) < 4.78 is 30.9. The molecule has 0 aliphatic carbocycles. The summed E-state index contributed by atoms with van der Waals surface area (Å²) in [4.78, 5) is 11.0. The minimum atomic E-state index is -3.23. The van der Waals surface area contributed by atoms with Crippen LogP contribution in [-0.2, 0) is 14.8 Å². The summed E-state index contributed by atoms with van der Waals surface area (Å²) in [7, 11) is -3.23. The highest BCUT2D eigenvalue weighted by molar-refractivity contribution is 7.89. The monoisotopic (exact) mass is 338 g/mol. The molecule has 1 aromatic rings. The predicted molar refractivity (Wildman–Crippen MR) is 90.7 cm³/mol. The summed E-state index contributed by atoms with van der Waals surface area (Å²) in [5.74, 6) is 5.98. The van der Waals surface area contributed by atoms with Crippen LogP contribution < -0.4 is 14.8 Å². The third-order valence-corrected chi connectivity index (χ3v) is 4.15. The molecule has 1 aromatic carbocycles. The van der Waals surface area contributed by atoms with Crippen LogP contribution in [-0.4, -0.2) is 33.2 Å². The number of rotatable bonds is 8. The first-order valence-electron chi connectivity index (χ1n) is 7.36. The largest absolute Gasteiger partial charge is 0.481 e. The molecule has 2 N–H and O–H groups in total. The maximum absolute atomic E-state index is 11.5. The van der Waals surface area contributed by atoms with E-state index in [2.05, 4.69) is 21.9 Å². The average molecular weight is 338 g/mol. The maximum Gasteiger partial charge on any atom is 0.221 e. The highest BCUT2D eigenvalue weighted by Crippen LogP contribution is 2.16. The van der Waals surface area contributed by atoms with E-state index in [-0.39, 0.29) is 24.8 Å². The summed E-state index contributed by atoms with van der Waals surface area (Å²) in [5.41, 5.74) is 0.645. The molecule has 0 aliphatic heterocycles. The summed E-state index contributed by atoms with van der Waals surface area (Å²) in [5, 5.41) is 2.66. The Kier molecular flexibility index (Phi) is 8.16. The van der Waals surface area contributed by atoms with Crippen LogP contribution in [0.4, 0.5) is 5.69 Å². The van der Waals surface area contributed by atoms with E-state index < -0.39 is 10.0 Å². The molecule has 6 nitrogen and oxygen atoms in total. The molecule has 0 fully saturated rings. The maximum atomic E-state index is 11.5. The van der Waals surface area contributed by atoms with Gasteiger partial charge in [-0.3, -0.25) is 4.79 Å². The second kappa shape index (κ2) is 9.87. The van der Waals surface area contributed by atoms with E-state index in [0.29, 0.717) is 17.9 Å². The molecular formula is C16H22N2O4S. The summed E-state index contributed by atoms with van der Waals surface area (Å²) in [6.45, 7) is 3.58. The smallest absolute Gasteiger partial charge is 0.221 e. The lowest BCUT2D eigenvalue weighted by molar-refractivity contribution is -0.114. The Morgan fingerprint density at radius 2 is 2.09 bits per heavy atom. The van der Waals surface area contributed by atoms with Crippen molar-refractivity contribution in [3.63, 3.8) is 0 Å². The van der Waals surface area contributed by atoms with Gasteiger partial charge < -0.3 is 10.1 Å². The number of nitrogens with one attached hydrogen (secondary N) is 2. The van der Waals surface area contributed by atoms with Gasteiger partial charge in [0.1, 0.15) is 12.4 Å². The standard InChI is InChI=1S/C16H22N2O4S/c1-3-4-12-23(20,21)17-10-5-6-11-22-16-9-7-8-15(13-16)18-14(2)19/h7-9,13,17H,3-4,10-12H2,1-2H3,(H,18,19). The van der Waals surface area contributed by atoms with Gasteiger partial charge in [0.05, 0.1) is 12.3 Å². The molecule has 0 unspecified atom stereocenters. The van der Waals surface area contributed by atoms with Crippen molar-refractivity contribution in [3.05, 3.63) is 24.3 Å². The molecule has 1 amide bonds. The fourth-order valence-electron chi connectivity index (χ4n) is 1.65. The van der Waals surface area contributed by atoms with Crippen molar-refractivity contribution in [1.82, 2.24) is 4.72 Å². The van der Waals surface area contributed by atoms with Gasteiger partial charge in [0, 0.05) is 18.7 Å². The van der Waals surface area contributed by atoms with Crippen molar-refractivity contribution in [2.24, 2.45) is 0 Å². The van der Waals surface area contributed by atoms with Crippen molar-refractivity contribution >= 4 is 21.6 Å². The fraction of sp³-hybridized carbons (Fsp3) is 0.438. The van der Waals surface area contributed by atoms with Crippen LogP contribution in [0.2, 0.25) is 0 Å². The Bertz CT molecular complexity index is 675. The van der Waals surface area contributed by atoms with Crippen molar-refractivity contribution in [3.8, 4) is 17.6 Å². The van der Waals surface area contributed by atoms with Crippen molar-refractivity contribution in [2.45, 2.75) is 26.7 Å². The van der Waals surface area contributed by atoms with Crippen LogP contribution in [0, 0.1) is 11.8 Å². The molecular weight excluding hydrogens is 316 g/mol. The topological polar surface area (TPSA) is 84.5 Å². The molecule has 126 valence electrons. The average Bonchev–Trinajstić information content (AvgIpc) is 2.48. The molecule has 0 radical (unpaired) electrons. The first kappa shape index (κ1) is 19.0. The molecule has 7 heteroatoms. The summed E-state index contributed by atoms with van der Waals surface area (Å²) in [6.07, 6.45) is 1.47. The molecule has 0 saturated carbocycles. The Balaban J connectivity index is 2.36. The van der Waals surface area contributed by atoms with Gasteiger partial charge in [0.25, 0.3) is 0 Å². The van der Waals surface area contributed by atoms with Crippen LogP contribution in [0.3, 0.4) is 0 Å². The van der Waals surface area contributed by atoms with E-state index >= 15 is 0 Å². The molecule has 0 heterocycles. The summed E-state index contributed by atoms with van der Waals surface area (Å²) in [6, 6.07) is 6.96. The highest BCUT2D eigenvalue weighted by Gasteiger charge is 2.06. The SMILES string of the molecule is CCCCS(=O)(=O)NCC#CCOc1cccc(NC(C)=O)c1. The Morgan fingerprint density at radius 1 is 1.30 bits per heavy atom. The number of benzene rings is 1. The zero-order valence-electron chi connectivity index (χ0n) is 13.4. The van der Waals surface area contributed by atoms with E-state index in [4.69, 9.17) is 4.74 Å². The lowest BCUT2D eigenvalue weighted by atomic mass is 10.3. The number of carbonyl (C=O) groups excluding carboxylic acids is 1. The van der Waals surface area contributed by atoms with Gasteiger partial charge in [-0.25, -0.2) is 13.1 Å². The lowest BCUT2D eigenvalue weighted by Gasteiger charge is -2.05. The van der Waals surface area contributed by atoms with E-state index in [1.807, 2.05) is 6.92 Å². The fourth-order valence-corrected chi connectivity index (χ4v) is 2.76.